The molecule has 4 heterocycles. The predicted molar refractivity (Wildman–Crippen MR) is 90.0 cm³/mol. The van der Waals surface area contributed by atoms with Gasteiger partial charge < -0.3 is 0 Å². The molecule has 1 saturated heterocycles. The number of hydrogen-bond donors (Lipinski definition) is 2. The van der Waals surface area contributed by atoms with Gasteiger partial charge in [0.25, 0.3) is 0 Å². The quantitative estimate of drug-likeness (QED) is 0.651. The molecule has 0 amide bonds. The molecule has 0 aromatic carbocycles. The minimum absolute atomic E-state index is 0.0869. The molecule has 1 fully saturated rings. The van der Waals surface area contributed by atoms with Gasteiger partial charge in [-0.1, -0.05) is 41.1 Å². The molecule has 0 spiro atoms. The summed E-state index contributed by atoms with van der Waals surface area (Å²) >= 11 is 5.32. The Labute approximate surface area is 144 Å². The maximum absolute atomic E-state index is 4.69. The highest BCUT2D eigenvalue weighted by Crippen LogP contribution is 2.34. The lowest BCUT2D eigenvalue weighted by Gasteiger charge is -2.18. The molecule has 3 atom stereocenters. The van der Waals surface area contributed by atoms with E-state index in [0.29, 0.717) is 23.5 Å². The second-order valence-corrected chi connectivity index (χ2v) is 7.77. The Kier molecular flexibility index (Phi) is 3.84. The van der Waals surface area contributed by atoms with Gasteiger partial charge in [-0.2, -0.15) is 9.61 Å². The summed E-state index contributed by atoms with van der Waals surface area (Å²) in [5.41, 5.74) is 7.32. The molecule has 3 aromatic rings. The second kappa shape index (κ2) is 5.86. The van der Waals surface area contributed by atoms with Gasteiger partial charge >= 0.3 is 0 Å². The lowest BCUT2D eigenvalue weighted by Crippen LogP contribution is -2.36. The van der Waals surface area contributed by atoms with E-state index in [4.69, 9.17) is 0 Å². The molecule has 10 heteroatoms. The molecule has 8 nitrogen and oxygen atoms in total. The summed E-state index contributed by atoms with van der Waals surface area (Å²) in [5.74, 6) is 1.12. The van der Waals surface area contributed by atoms with Crippen LogP contribution in [-0.2, 0) is 0 Å². The van der Waals surface area contributed by atoms with Gasteiger partial charge in [0.2, 0.25) is 10.8 Å². The SMILES string of the molecule is CC(C)C1NNC(c2nn3c(-c4cnccn4)nnc3s2)C1Br. The van der Waals surface area contributed by atoms with Crippen molar-refractivity contribution in [3.05, 3.63) is 23.6 Å². The van der Waals surface area contributed by atoms with E-state index in [-0.39, 0.29) is 10.9 Å². The number of hydrazine groups is 1. The molecule has 1 aliphatic heterocycles. The Morgan fingerprint density at radius 2 is 2.13 bits per heavy atom. The van der Waals surface area contributed by atoms with Crippen molar-refractivity contribution in [1.82, 2.24) is 40.6 Å². The summed E-state index contributed by atoms with van der Waals surface area (Å²) in [6.45, 7) is 4.39. The Bertz CT molecular complexity index is 816. The third-order valence-electron chi connectivity index (χ3n) is 3.85. The van der Waals surface area contributed by atoms with Gasteiger partial charge in [0.15, 0.2) is 0 Å². The highest BCUT2D eigenvalue weighted by molar-refractivity contribution is 9.09. The largest absolute Gasteiger partial charge is 0.261 e. The van der Waals surface area contributed by atoms with Crippen molar-refractivity contribution in [3.8, 4) is 11.5 Å². The average Bonchev–Trinajstić information content (AvgIpc) is 3.21. The number of aromatic nitrogens is 6. The van der Waals surface area contributed by atoms with Crippen molar-refractivity contribution >= 4 is 32.2 Å². The summed E-state index contributed by atoms with van der Waals surface area (Å²) in [5, 5.41) is 14.0. The number of nitrogens with one attached hydrogen (secondary N) is 2. The minimum atomic E-state index is 0.0869. The maximum Gasteiger partial charge on any atom is 0.235 e. The molecule has 23 heavy (non-hydrogen) atoms. The van der Waals surface area contributed by atoms with Crippen LogP contribution in [0.2, 0.25) is 0 Å². The standard InChI is InChI=1S/C13H15BrN8S/c1-6(2)9-8(14)10(18-17-9)12-21-22-11(19-20-13(22)23-12)7-5-15-3-4-16-7/h3-6,8-10,17-18H,1-2H3. The van der Waals surface area contributed by atoms with Crippen molar-refractivity contribution in [2.24, 2.45) is 5.92 Å². The van der Waals surface area contributed by atoms with E-state index in [1.165, 1.54) is 11.3 Å². The Hall–Kier alpha value is -1.49. The first-order chi connectivity index (χ1) is 11.1. The molecular weight excluding hydrogens is 380 g/mol. The van der Waals surface area contributed by atoms with Crippen LogP contribution < -0.4 is 10.9 Å². The van der Waals surface area contributed by atoms with E-state index >= 15 is 0 Å². The number of fused-ring (bicyclic) bond motifs is 1. The van der Waals surface area contributed by atoms with Crippen LogP contribution in [0.3, 0.4) is 0 Å². The van der Waals surface area contributed by atoms with Gasteiger partial charge in [-0.3, -0.25) is 10.4 Å². The summed E-state index contributed by atoms with van der Waals surface area (Å²) in [4.78, 5) is 9.35. The number of alkyl halides is 1. The van der Waals surface area contributed by atoms with Gasteiger partial charge in [0.05, 0.1) is 17.1 Å². The third-order valence-corrected chi connectivity index (χ3v) is 5.93. The highest BCUT2D eigenvalue weighted by Gasteiger charge is 2.38. The van der Waals surface area contributed by atoms with E-state index in [9.17, 15) is 0 Å². The fraction of sp³-hybridized carbons (Fsp3) is 0.462. The van der Waals surface area contributed by atoms with Crippen molar-refractivity contribution in [3.63, 3.8) is 0 Å². The van der Waals surface area contributed by atoms with Crippen molar-refractivity contribution in [2.45, 2.75) is 30.8 Å². The molecule has 0 bridgehead atoms. The number of nitrogens with zero attached hydrogens (tertiary/aromatic N) is 6. The Morgan fingerprint density at radius 1 is 1.26 bits per heavy atom. The molecule has 0 saturated carbocycles. The summed E-state index contributed by atoms with van der Waals surface area (Å²) < 4.78 is 1.73. The Balaban J connectivity index is 1.70. The van der Waals surface area contributed by atoms with Crippen LogP contribution in [0.25, 0.3) is 16.5 Å². The smallest absolute Gasteiger partial charge is 0.235 e. The molecule has 120 valence electrons. The normalized spacial score (nSPS) is 24.8. The van der Waals surface area contributed by atoms with E-state index in [1.54, 1.807) is 23.1 Å². The van der Waals surface area contributed by atoms with Gasteiger partial charge in [-0.15, -0.1) is 10.2 Å². The summed E-state index contributed by atoms with van der Waals surface area (Å²) in [6, 6.07) is 0.428. The third kappa shape index (κ3) is 2.55. The average molecular weight is 395 g/mol. The van der Waals surface area contributed by atoms with E-state index in [0.717, 1.165) is 9.97 Å². The predicted octanol–water partition coefficient (Wildman–Crippen LogP) is 1.58. The molecule has 3 aromatic heterocycles. The van der Waals surface area contributed by atoms with Gasteiger partial charge in [-0.05, 0) is 5.92 Å². The molecule has 1 aliphatic rings. The van der Waals surface area contributed by atoms with Crippen LogP contribution in [0, 0.1) is 5.92 Å². The first-order valence-corrected chi connectivity index (χ1v) is 9.02. The first-order valence-electron chi connectivity index (χ1n) is 7.29. The number of halogens is 1. The molecule has 2 N–H and O–H groups in total. The first kappa shape index (κ1) is 15.1. The number of rotatable bonds is 3. The monoisotopic (exact) mass is 394 g/mol. The van der Waals surface area contributed by atoms with Crippen molar-refractivity contribution in [2.75, 3.05) is 0 Å². The van der Waals surface area contributed by atoms with Crippen LogP contribution in [0.4, 0.5) is 0 Å². The molecule has 0 radical (unpaired) electrons. The number of hydrogen-bond acceptors (Lipinski definition) is 8. The molecule has 4 rings (SSSR count). The zero-order valence-electron chi connectivity index (χ0n) is 12.5. The van der Waals surface area contributed by atoms with Crippen molar-refractivity contribution in [1.29, 1.82) is 0 Å². The zero-order valence-corrected chi connectivity index (χ0v) is 14.9. The van der Waals surface area contributed by atoms with E-state index < -0.39 is 0 Å². The van der Waals surface area contributed by atoms with Crippen molar-refractivity contribution < 1.29 is 0 Å². The van der Waals surface area contributed by atoms with Gasteiger partial charge in [0, 0.05) is 18.4 Å². The zero-order chi connectivity index (χ0) is 16.0. The second-order valence-electron chi connectivity index (χ2n) is 5.73. The van der Waals surface area contributed by atoms with Gasteiger partial charge in [0.1, 0.15) is 10.7 Å². The minimum Gasteiger partial charge on any atom is -0.261 e. The van der Waals surface area contributed by atoms with Crippen LogP contribution in [0.1, 0.15) is 24.9 Å². The van der Waals surface area contributed by atoms with Crippen LogP contribution in [0.15, 0.2) is 18.6 Å². The van der Waals surface area contributed by atoms with E-state index in [2.05, 4.69) is 65.9 Å². The highest BCUT2D eigenvalue weighted by atomic mass is 79.9. The fourth-order valence-electron chi connectivity index (χ4n) is 2.62. The van der Waals surface area contributed by atoms with Crippen LogP contribution in [0.5, 0.6) is 0 Å². The lowest BCUT2D eigenvalue weighted by atomic mass is 10.00. The van der Waals surface area contributed by atoms with Gasteiger partial charge in [-0.25, -0.2) is 10.4 Å². The molecule has 0 aliphatic carbocycles. The molecule has 3 unspecified atom stereocenters. The van der Waals surface area contributed by atoms with Crippen LogP contribution in [-0.4, -0.2) is 40.6 Å². The topological polar surface area (TPSA) is 92.9 Å². The Morgan fingerprint density at radius 3 is 2.83 bits per heavy atom. The maximum atomic E-state index is 4.69. The molecular formula is C13H15BrN8S. The summed E-state index contributed by atoms with van der Waals surface area (Å²) in [6.07, 6.45) is 4.92. The summed E-state index contributed by atoms with van der Waals surface area (Å²) in [7, 11) is 0. The van der Waals surface area contributed by atoms with E-state index in [1.807, 2.05) is 0 Å². The van der Waals surface area contributed by atoms with Crippen LogP contribution >= 0.6 is 27.3 Å². The fourth-order valence-corrected chi connectivity index (χ4v) is 4.85. The lowest BCUT2D eigenvalue weighted by molar-refractivity contribution is 0.437.